The topological polar surface area (TPSA) is 63.8 Å². The van der Waals surface area contributed by atoms with Crippen LogP contribution in [-0.2, 0) is 26.3 Å². The number of fused-ring (bicyclic) bond motifs is 1. The lowest BCUT2D eigenvalue weighted by molar-refractivity contribution is -0.0950. The maximum absolute atomic E-state index is 14.5. The Labute approximate surface area is 179 Å². The number of hydrogen-bond donors (Lipinski definition) is 0. The molecule has 1 fully saturated rings. The number of aryl methyl sites for hydroxylation is 1. The zero-order valence-electron chi connectivity index (χ0n) is 16.8. The molecule has 0 unspecified atom stereocenters. The molecule has 156 valence electrons. The molecular weight excluding hydrogens is 403 g/mol. The van der Waals surface area contributed by atoms with E-state index in [4.69, 9.17) is 19.6 Å². The Morgan fingerprint density at radius 3 is 2.77 bits per heavy atom. The lowest BCUT2D eigenvalue weighted by Gasteiger charge is -2.36. The van der Waals surface area contributed by atoms with Gasteiger partial charge in [0.1, 0.15) is 11.9 Å². The molecule has 1 saturated heterocycles. The van der Waals surface area contributed by atoms with E-state index >= 15 is 0 Å². The van der Waals surface area contributed by atoms with E-state index in [-0.39, 0.29) is 12.4 Å². The van der Waals surface area contributed by atoms with Crippen molar-refractivity contribution in [2.45, 2.75) is 41.1 Å². The van der Waals surface area contributed by atoms with Crippen molar-refractivity contribution in [3.63, 3.8) is 0 Å². The van der Waals surface area contributed by atoms with Crippen molar-refractivity contribution in [1.82, 2.24) is 0 Å². The van der Waals surface area contributed by atoms with Gasteiger partial charge in [-0.15, -0.1) is 0 Å². The molecule has 0 amide bonds. The van der Waals surface area contributed by atoms with E-state index < -0.39 is 5.60 Å². The third-order valence-corrected chi connectivity index (χ3v) is 6.61. The minimum atomic E-state index is -0.498. The first-order valence-corrected chi connectivity index (χ1v) is 10.8. The fourth-order valence-electron chi connectivity index (χ4n) is 4.08. The number of ether oxygens (including phenoxy) is 2. The van der Waals surface area contributed by atoms with Crippen LogP contribution in [0.4, 0.5) is 4.39 Å². The van der Waals surface area contributed by atoms with Gasteiger partial charge in [0.15, 0.2) is 0 Å². The normalized spacial score (nSPS) is 18.8. The number of nitrogens with zero attached hydrogens (tertiary/aromatic N) is 2. The summed E-state index contributed by atoms with van der Waals surface area (Å²) in [6.07, 6.45) is 3.09. The molecule has 4 rings (SSSR count). The molecule has 5 nitrogen and oxygen atoms in total. The number of nitriles is 1. The number of methoxy groups -OCH3 is 1. The number of hydrogen-bond acceptors (Lipinski definition) is 6. The van der Waals surface area contributed by atoms with Crippen LogP contribution in [0.25, 0.3) is 0 Å². The van der Waals surface area contributed by atoms with E-state index in [9.17, 15) is 4.39 Å². The zero-order chi connectivity index (χ0) is 21.0. The summed E-state index contributed by atoms with van der Waals surface area (Å²) in [5, 5.41) is 12.7. The van der Waals surface area contributed by atoms with Crippen molar-refractivity contribution in [3.05, 3.63) is 58.9 Å². The van der Waals surface area contributed by atoms with E-state index in [1.807, 2.05) is 24.3 Å². The molecule has 0 saturated carbocycles. The second kappa shape index (κ2) is 9.17. The molecule has 2 aromatic carbocycles. The van der Waals surface area contributed by atoms with Crippen LogP contribution in [0, 0.1) is 17.1 Å². The van der Waals surface area contributed by atoms with Crippen molar-refractivity contribution >= 4 is 17.5 Å². The third-order valence-electron chi connectivity index (χ3n) is 5.65. The fraction of sp³-hybridized carbons (Fsp3) is 0.391. The standard InChI is InChI=1S/C23H23FN2O3S/c1-27-23(6-9-28-10-7-23)17-13-18(24)15-20(14-17)30-19-3-4-21-16(12-19)2-5-22(21)26-29-11-8-25/h3-4,12-15H,2,5-7,9-11H2,1H3/b26-22+. The Morgan fingerprint density at radius 2 is 2.00 bits per heavy atom. The van der Waals surface area contributed by atoms with Gasteiger partial charge in [-0.25, -0.2) is 4.39 Å². The lowest BCUT2D eigenvalue weighted by atomic mass is 9.86. The first-order chi connectivity index (χ1) is 14.6. The van der Waals surface area contributed by atoms with Gasteiger partial charge in [0.05, 0.1) is 11.3 Å². The number of halogens is 1. The van der Waals surface area contributed by atoms with Gasteiger partial charge < -0.3 is 14.3 Å². The second-order valence-corrected chi connectivity index (χ2v) is 8.52. The number of rotatable bonds is 6. The molecule has 1 aliphatic heterocycles. The quantitative estimate of drug-likeness (QED) is 0.490. The molecule has 2 aromatic rings. The summed E-state index contributed by atoms with van der Waals surface area (Å²) in [5.74, 6) is -0.261. The van der Waals surface area contributed by atoms with Gasteiger partial charge in [0.2, 0.25) is 6.61 Å². The van der Waals surface area contributed by atoms with Crippen LogP contribution in [0.1, 0.15) is 36.0 Å². The highest BCUT2D eigenvalue weighted by Crippen LogP contribution is 2.39. The fourth-order valence-corrected chi connectivity index (χ4v) is 5.04. The minimum Gasteiger partial charge on any atom is -0.381 e. The van der Waals surface area contributed by atoms with Crippen LogP contribution < -0.4 is 0 Å². The maximum atomic E-state index is 14.5. The van der Waals surface area contributed by atoms with Gasteiger partial charge in [-0.1, -0.05) is 23.0 Å². The Kier molecular flexibility index (Phi) is 6.38. The zero-order valence-corrected chi connectivity index (χ0v) is 17.6. The van der Waals surface area contributed by atoms with E-state index in [1.165, 1.54) is 17.3 Å². The molecule has 0 N–H and O–H groups in total. The molecule has 2 aliphatic rings. The lowest BCUT2D eigenvalue weighted by Crippen LogP contribution is -2.35. The van der Waals surface area contributed by atoms with Crippen LogP contribution in [0.15, 0.2) is 51.3 Å². The largest absolute Gasteiger partial charge is 0.381 e. The average Bonchev–Trinajstić information content (AvgIpc) is 3.16. The highest BCUT2D eigenvalue weighted by molar-refractivity contribution is 7.99. The molecule has 30 heavy (non-hydrogen) atoms. The summed E-state index contributed by atoms with van der Waals surface area (Å²) in [5.41, 5.74) is 3.47. The molecule has 0 aromatic heterocycles. The average molecular weight is 427 g/mol. The third kappa shape index (κ3) is 4.36. The molecule has 0 spiro atoms. The summed E-state index contributed by atoms with van der Waals surface area (Å²) in [6, 6.07) is 13.2. The van der Waals surface area contributed by atoms with Crippen LogP contribution in [0.5, 0.6) is 0 Å². The van der Waals surface area contributed by atoms with Crippen LogP contribution in [-0.4, -0.2) is 32.6 Å². The highest BCUT2D eigenvalue weighted by Gasteiger charge is 2.35. The van der Waals surface area contributed by atoms with Crippen LogP contribution in [0.3, 0.4) is 0 Å². The Hall–Kier alpha value is -2.40. The summed E-state index contributed by atoms with van der Waals surface area (Å²) in [7, 11) is 1.68. The Morgan fingerprint density at radius 1 is 1.17 bits per heavy atom. The molecule has 1 aliphatic carbocycles. The van der Waals surface area contributed by atoms with Crippen molar-refractivity contribution < 1.29 is 18.7 Å². The van der Waals surface area contributed by atoms with Crippen LogP contribution >= 0.6 is 11.8 Å². The first kappa shape index (κ1) is 20.9. The van der Waals surface area contributed by atoms with Gasteiger partial charge >= 0.3 is 0 Å². The second-order valence-electron chi connectivity index (χ2n) is 7.38. The van der Waals surface area contributed by atoms with Crippen LogP contribution in [0.2, 0.25) is 0 Å². The molecular formula is C23H23FN2O3S. The molecule has 0 atom stereocenters. The van der Waals surface area contributed by atoms with Crippen molar-refractivity contribution in [2.75, 3.05) is 26.9 Å². The van der Waals surface area contributed by atoms with E-state index in [0.717, 1.165) is 39.5 Å². The van der Waals surface area contributed by atoms with Gasteiger partial charge in [0, 0.05) is 48.5 Å². The van der Waals surface area contributed by atoms with Crippen molar-refractivity contribution in [3.8, 4) is 6.07 Å². The molecule has 1 heterocycles. The van der Waals surface area contributed by atoms with Crippen molar-refractivity contribution in [1.29, 1.82) is 5.26 Å². The summed E-state index contributed by atoms with van der Waals surface area (Å²) >= 11 is 1.54. The first-order valence-electron chi connectivity index (χ1n) is 9.94. The summed E-state index contributed by atoms with van der Waals surface area (Å²) < 4.78 is 25.8. The smallest absolute Gasteiger partial charge is 0.202 e. The van der Waals surface area contributed by atoms with E-state index in [1.54, 1.807) is 19.2 Å². The maximum Gasteiger partial charge on any atom is 0.202 e. The SMILES string of the molecule is COC1(c2cc(F)cc(Sc3ccc4c(c3)CC/C4=N\OCC#N)c2)CCOCC1. The highest BCUT2D eigenvalue weighted by atomic mass is 32.2. The monoisotopic (exact) mass is 426 g/mol. The van der Waals surface area contributed by atoms with Gasteiger partial charge in [-0.2, -0.15) is 5.26 Å². The summed E-state index contributed by atoms with van der Waals surface area (Å²) in [4.78, 5) is 6.90. The number of oxime groups is 1. The number of benzene rings is 2. The molecule has 7 heteroatoms. The minimum absolute atomic E-state index is 0.0518. The molecule has 0 radical (unpaired) electrons. The Balaban J connectivity index is 1.56. The van der Waals surface area contributed by atoms with Gasteiger partial charge in [0.25, 0.3) is 0 Å². The van der Waals surface area contributed by atoms with E-state index in [2.05, 4.69) is 11.2 Å². The van der Waals surface area contributed by atoms with Crippen molar-refractivity contribution in [2.24, 2.45) is 5.16 Å². The van der Waals surface area contributed by atoms with E-state index in [0.29, 0.717) is 26.1 Å². The predicted octanol–water partition coefficient (Wildman–Crippen LogP) is 4.82. The van der Waals surface area contributed by atoms with Gasteiger partial charge in [-0.05, 0) is 54.3 Å². The van der Waals surface area contributed by atoms with Gasteiger partial charge in [-0.3, -0.25) is 0 Å². The predicted molar refractivity (Wildman–Crippen MR) is 112 cm³/mol. The molecule has 0 bridgehead atoms. The Bertz CT molecular complexity index is 996. The summed E-state index contributed by atoms with van der Waals surface area (Å²) in [6.45, 7) is 1.17.